The molecule has 0 atom stereocenters. The minimum absolute atomic E-state index is 0.196. The fourth-order valence-electron chi connectivity index (χ4n) is 1.50. The minimum Gasteiger partial charge on any atom is -0.298 e. The topological polar surface area (TPSA) is 106 Å². The summed E-state index contributed by atoms with van der Waals surface area (Å²) in [7, 11) is -3.98. The maximum Gasteiger partial charge on any atom is 0.270 e. The minimum atomic E-state index is -3.98. The van der Waals surface area contributed by atoms with Gasteiger partial charge in [0.15, 0.2) is 5.78 Å². The Morgan fingerprint density at radius 3 is 2.38 bits per heavy atom. The van der Waals surface area contributed by atoms with E-state index in [0.717, 1.165) is 6.07 Å². The van der Waals surface area contributed by atoms with Crippen molar-refractivity contribution in [1.29, 1.82) is 0 Å². The van der Waals surface area contributed by atoms with Crippen molar-refractivity contribution >= 4 is 21.5 Å². The lowest BCUT2D eigenvalue weighted by atomic mass is 9.91. The summed E-state index contributed by atoms with van der Waals surface area (Å²) >= 11 is 0. The third-order valence-corrected chi connectivity index (χ3v) is 4.47. The van der Waals surface area contributed by atoms with Crippen molar-refractivity contribution in [3.63, 3.8) is 0 Å². The summed E-state index contributed by atoms with van der Waals surface area (Å²) in [6.45, 7) is 6.23. The smallest absolute Gasteiger partial charge is 0.270 e. The number of sulfonamides is 1. The van der Waals surface area contributed by atoms with Crippen LogP contribution in [0.2, 0.25) is 0 Å². The second kappa shape index (κ2) is 5.90. The van der Waals surface area contributed by atoms with Crippen molar-refractivity contribution in [3.05, 3.63) is 33.9 Å². The van der Waals surface area contributed by atoms with E-state index in [9.17, 15) is 23.3 Å². The van der Waals surface area contributed by atoms with Crippen LogP contribution in [0.25, 0.3) is 0 Å². The van der Waals surface area contributed by atoms with Crippen LogP contribution in [-0.2, 0) is 14.8 Å². The average Bonchev–Trinajstić information content (AvgIpc) is 2.34. The Morgan fingerprint density at radius 2 is 1.90 bits per heavy atom. The van der Waals surface area contributed by atoms with Crippen LogP contribution in [0.3, 0.4) is 0 Å². The lowest BCUT2D eigenvalue weighted by Crippen LogP contribution is -2.35. The number of carbonyl (C=O) groups is 1. The zero-order chi connectivity index (χ0) is 16.4. The second-order valence-corrected chi connectivity index (χ2v) is 7.44. The number of rotatable bonds is 5. The molecule has 0 spiro atoms. The first kappa shape index (κ1) is 17.3. The van der Waals surface area contributed by atoms with Crippen molar-refractivity contribution in [2.45, 2.75) is 32.6 Å². The molecule has 0 saturated carbocycles. The normalized spacial score (nSPS) is 12.2. The lowest BCUT2D eigenvalue weighted by Gasteiger charge is -2.17. The predicted molar refractivity (Wildman–Crippen MR) is 77.5 cm³/mol. The molecule has 0 aliphatic carbocycles. The molecule has 0 heterocycles. The van der Waals surface area contributed by atoms with Gasteiger partial charge in [-0.3, -0.25) is 14.9 Å². The van der Waals surface area contributed by atoms with Gasteiger partial charge < -0.3 is 0 Å². The molecular weight excluding hydrogens is 296 g/mol. The third-order valence-electron chi connectivity index (χ3n) is 2.93. The number of nitro groups is 1. The Balaban J connectivity index is 3.06. The average molecular weight is 314 g/mol. The number of nitrogens with zero attached hydrogens (tertiary/aromatic N) is 1. The predicted octanol–water partition coefficient (Wildman–Crippen LogP) is 1.80. The van der Waals surface area contributed by atoms with Gasteiger partial charge in [-0.05, 0) is 12.5 Å². The maximum atomic E-state index is 12.2. The van der Waals surface area contributed by atoms with Gasteiger partial charge in [-0.2, -0.15) is 0 Å². The number of Topliss-reactive ketones (excluding diaryl/α,β-unsaturated/α-hetero) is 1. The summed E-state index contributed by atoms with van der Waals surface area (Å²) in [6.07, 6.45) is 0. The van der Waals surface area contributed by atoms with Crippen LogP contribution in [0.15, 0.2) is 23.1 Å². The molecule has 0 fully saturated rings. The summed E-state index contributed by atoms with van der Waals surface area (Å²) in [5.74, 6) is -0.269. The van der Waals surface area contributed by atoms with Crippen molar-refractivity contribution in [1.82, 2.24) is 4.72 Å². The van der Waals surface area contributed by atoms with Crippen LogP contribution in [0, 0.1) is 22.5 Å². The van der Waals surface area contributed by atoms with Crippen LogP contribution >= 0.6 is 0 Å². The molecule has 1 rings (SSSR count). The molecule has 8 heteroatoms. The van der Waals surface area contributed by atoms with Crippen LogP contribution in [0.5, 0.6) is 0 Å². The SMILES string of the molecule is Cc1ccc([N+](=O)[O-])cc1S(=O)(=O)NCC(=O)C(C)(C)C. The van der Waals surface area contributed by atoms with Crippen LogP contribution in [0.1, 0.15) is 26.3 Å². The molecule has 0 saturated heterocycles. The van der Waals surface area contributed by atoms with E-state index >= 15 is 0 Å². The van der Waals surface area contributed by atoms with Gasteiger partial charge >= 0.3 is 0 Å². The molecule has 0 aromatic heterocycles. The Morgan fingerprint density at radius 1 is 1.33 bits per heavy atom. The summed E-state index contributed by atoms with van der Waals surface area (Å²) in [4.78, 5) is 21.6. The molecule has 0 unspecified atom stereocenters. The monoisotopic (exact) mass is 314 g/mol. The highest BCUT2D eigenvalue weighted by atomic mass is 32.2. The van der Waals surface area contributed by atoms with Gasteiger partial charge in [0.05, 0.1) is 16.4 Å². The van der Waals surface area contributed by atoms with E-state index < -0.39 is 20.4 Å². The molecule has 0 aliphatic heterocycles. The number of hydrogen-bond acceptors (Lipinski definition) is 5. The lowest BCUT2D eigenvalue weighted by molar-refractivity contribution is -0.385. The van der Waals surface area contributed by atoms with E-state index in [1.54, 1.807) is 20.8 Å². The largest absolute Gasteiger partial charge is 0.298 e. The van der Waals surface area contributed by atoms with Gasteiger partial charge in [-0.25, -0.2) is 13.1 Å². The highest BCUT2D eigenvalue weighted by Crippen LogP contribution is 2.22. The molecule has 1 aromatic carbocycles. The summed E-state index contributed by atoms with van der Waals surface area (Å²) < 4.78 is 26.5. The van der Waals surface area contributed by atoms with Crippen molar-refractivity contribution in [2.24, 2.45) is 5.41 Å². The molecule has 0 bridgehead atoms. The molecule has 0 amide bonds. The van der Waals surface area contributed by atoms with E-state index in [1.165, 1.54) is 19.1 Å². The fourth-order valence-corrected chi connectivity index (χ4v) is 2.74. The number of hydrogen-bond donors (Lipinski definition) is 1. The number of aryl methyl sites for hydroxylation is 1. The standard InChI is InChI=1S/C13H18N2O5S/c1-9-5-6-10(15(17)18)7-11(9)21(19,20)14-8-12(16)13(2,3)4/h5-7,14H,8H2,1-4H3. The zero-order valence-electron chi connectivity index (χ0n) is 12.3. The molecule has 1 aromatic rings. The van der Waals surface area contributed by atoms with Gasteiger partial charge in [0.25, 0.3) is 5.69 Å². The van der Waals surface area contributed by atoms with E-state index in [0.29, 0.717) is 5.56 Å². The molecular formula is C13H18N2O5S. The van der Waals surface area contributed by atoms with E-state index in [-0.39, 0.29) is 22.9 Å². The molecule has 21 heavy (non-hydrogen) atoms. The highest BCUT2D eigenvalue weighted by molar-refractivity contribution is 7.89. The third kappa shape index (κ3) is 4.33. The zero-order valence-corrected chi connectivity index (χ0v) is 13.2. The van der Waals surface area contributed by atoms with Gasteiger partial charge in [0.1, 0.15) is 0 Å². The van der Waals surface area contributed by atoms with E-state index in [2.05, 4.69) is 4.72 Å². The molecule has 7 nitrogen and oxygen atoms in total. The number of ketones is 1. The quantitative estimate of drug-likeness (QED) is 0.658. The van der Waals surface area contributed by atoms with Gasteiger partial charge in [-0.1, -0.05) is 26.8 Å². The van der Waals surface area contributed by atoms with Gasteiger partial charge in [0, 0.05) is 17.5 Å². The Kier molecular flexibility index (Phi) is 4.85. The number of nitrogens with one attached hydrogen (secondary N) is 1. The Bertz CT molecular complexity index is 674. The highest BCUT2D eigenvalue weighted by Gasteiger charge is 2.25. The van der Waals surface area contributed by atoms with Gasteiger partial charge in [0.2, 0.25) is 10.0 Å². The molecule has 0 aliphatic rings. The van der Waals surface area contributed by atoms with Gasteiger partial charge in [-0.15, -0.1) is 0 Å². The maximum absolute atomic E-state index is 12.2. The Hall–Kier alpha value is -1.80. The number of nitro benzene ring substituents is 1. The molecule has 116 valence electrons. The summed E-state index contributed by atoms with van der Waals surface area (Å²) in [5, 5.41) is 10.7. The number of benzene rings is 1. The molecule has 0 radical (unpaired) electrons. The number of carbonyl (C=O) groups excluding carboxylic acids is 1. The van der Waals surface area contributed by atoms with Crippen LogP contribution in [-0.4, -0.2) is 25.7 Å². The first-order chi connectivity index (χ1) is 9.45. The Labute approximate surface area is 123 Å². The summed E-state index contributed by atoms with van der Waals surface area (Å²) in [5.41, 5.74) is -0.611. The summed E-state index contributed by atoms with van der Waals surface area (Å²) in [6, 6.07) is 3.58. The van der Waals surface area contributed by atoms with Crippen LogP contribution < -0.4 is 4.72 Å². The fraction of sp³-hybridized carbons (Fsp3) is 0.462. The number of non-ortho nitro benzene ring substituents is 1. The first-order valence-corrected chi connectivity index (χ1v) is 7.71. The molecule has 1 N–H and O–H groups in total. The van der Waals surface area contributed by atoms with Crippen molar-refractivity contribution in [2.75, 3.05) is 6.54 Å². The first-order valence-electron chi connectivity index (χ1n) is 6.23. The second-order valence-electron chi connectivity index (χ2n) is 5.70. The van der Waals surface area contributed by atoms with Crippen LogP contribution in [0.4, 0.5) is 5.69 Å². The van der Waals surface area contributed by atoms with Crippen molar-refractivity contribution in [3.8, 4) is 0 Å². The van der Waals surface area contributed by atoms with Crippen molar-refractivity contribution < 1.29 is 18.1 Å². The van der Waals surface area contributed by atoms with E-state index in [1.807, 2.05) is 0 Å². The van der Waals surface area contributed by atoms with E-state index in [4.69, 9.17) is 0 Å².